The van der Waals surface area contributed by atoms with Crippen LogP contribution in [0.15, 0.2) is 12.1 Å². The van der Waals surface area contributed by atoms with Crippen LogP contribution < -0.4 is 0 Å². The molecule has 0 spiro atoms. The molecule has 0 unspecified atom stereocenters. The molecule has 0 radical (unpaired) electrons. The van der Waals surface area contributed by atoms with Crippen molar-refractivity contribution in [3.05, 3.63) is 28.8 Å². The average molecular weight is 537 g/mol. The van der Waals surface area contributed by atoms with E-state index >= 15 is 0 Å². The van der Waals surface area contributed by atoms with Gasteiger partial charge in [-0.3, -0.25) is 0 Å². The molecule has 1 aromatic rings. The smallest absolute Gasteiger partial charge is 0.338 e. The molecular formula is C33H60O3S. The highest BCUT2D eigenvalue weighted by molar-refractivity contribution is 7.99. The average Bonchev–Trinajstić information content (AvgIpc) is 2.81. The quantitative estimate of drug-likeness (QED) is 0.168. The Balaban J connectivity index is 0.000000712. The van der Waals surface area contributed by atoms with Crippen LogP contribution in [0.25, 0.3) is 0 Å². The molecule has 0 saturated carbocycles. The predicted octanol–water partition coefficient (Wildman–Crippen LogP) is 10.6. The molecular weight excluding hydrogens is 476 g/mol. The number of rotatable bonds is 16. The highest BCUT2D eigenvalue weighted by Crippen LogP contribution is 2.39. The highest BCUT2D eigenvalue weighted by Gasteiger charge is 2.28. The second-order valence-electron chi connectivity index (χ2n) is 12.3. The molecule has 1 aromatic carbocycles. The maximum Gasteiger partial charge on any atom is 0.338 e. The number of phenols is 1. The third kappa shape index (κ3) is 16.4. The van der Waals surface area contributed by atoms with Crippen molar-refractivity contribution in [2.45, 2.75) is 150 Å². The maximum atomic E-state index is 12.0. The maximum absolute atomic E-state index is 12.0. The molecule has 3 nitrogen and oxygen atoms in total. The first kappa shape index (κ1) is 35.8. The lowest BCUT2D eigenvalue weighted by molar-refractivity contribution is 0.0526. The van der Waals surface area contributed by atoms with Crippen molar-refractivity contribution in [3.63, 3.8) is 0 Å². The number of hydrogen-bond donors (Lipinski definition) is 1. The van der Waals surface area contributed by atoms with Gasteiger partial charge in [0.1, 0.15) is 5.75 Å². The zero-order valence-electron chi connectivity index (χ0n) is 25.9. The van der Waals surface area contributed by atoms with E-state index in [0.29, 0.717) is 12.2 Å². The topological polar surface area (TPSA) is 46.5 Å². The molecule has 0 amide bonds. The molecule has 0 aliphatic heterocycles. The van der Waals surface area contributed by atoms with E-state index in [0.717, 1.165) is 11.1 Å². The molecule has 0 atom stereocenters. The second-order valence-corrected chi connectivity index (χ2v) is 13.5. The van der Waals surface area contributed by atoms with E-state index in [-0.39, 0.29) is 22.5 Å². The summed E-state index contributed by atoms with van der Waals surface area (Å²) in [7, 11) is 0. The largest absolute Gasteiger partial charge is 0.507 e. The molecule has 0 fully saturated rings. The molecule has 0 aliphatic rings. The second kappa shape index (κ2) is 19.8. The van der Waals surface area contributed by atoms with E-state index in [1.54, 1.807) is 19.1 Å². The van der Waals surface area contributed by atoms with Crippen molar-refractivity contribution in [1.29, 1.82) is 0 Å². The van der Waals surface area contributed by atoms with E-state index < -0.39 is 0 Å². The molecule has 1 rings (SSSR count). The first-order chi connectivity index (χ1) is 17.4. The third-order valence-electron chi connectivity index (χ3n) is 6.52. The minimum absolute atomic E-state index is 0.243. The van der Waals surface area contributed by atoms with Crippen molar-refractivity contribution >= 4 is 17.7 Å². The summed E-state index contributed by atoms with van der Waals surface area (Å²) in [5.74, 6) is 2.74. The van der Waals surface area contributed by atoms with Crippen molar-refractivity contribution in [2.24, 2.45) is 0 Å². The minimum Gasteiger partial charge on any atom is -0.507 e. The normalized spacial score (nSPS) is 11.7. The number of carbonyl (C=O) groups is 1. The van der Waals surface area contributed by atoms with Crippen LogP contribution in [0.4, 0.5) is 0 Å². The summed E-state index contributed by atoms with van der Waals surface area (Å²) in [6.45, 7) is 18.8. The summed E-state index contributed by atoms with van der Waals surface area (Å²) >= 11 is 2.18. The summed E-state index contributed by atoms with van der Waals surface area (Å²) in [5.41, 5.74) is 1.56. The molecule has 1 N–H and O–H groups in total. The van der Waals surface area contributed by atoms with Gasteiger partial charge < -0.3 is 9.84 Å². The van der Waals surface area contributed by atoms with E-state index in [1.807, 2.05) is 41.5 Å². The number of benzene rings is 1. The number of thioether (sulfide) groups is 1. The summed E-state index contributed by atoms with van der Waals surface area (Å²) in [5, 5.41) is 10.5. The number of unbranched alkanes of at least 4 members (excludes halogenated alkanes) is 10. The number of carbonyl (C=O) groups excluding carboxylic acids is 1. The van der Waals surface area contributed by atoms with Gasteiger partial charge in [0.15, 0.2) is 0 Å². The Kier molecular flexibility index (Phi) is 19.2. The van der Waals surface area contributed by atoms with Crippen LogP contribution >= 0.6 is 11.8 Å². The lowest BCUT2D eigenvalue weighted by Crippen LogP contribution is -2.19. The van der Waals surface area contributed by atoms with Gasteiger partial charge in [0.25, 0.3) is 0 Å². The van der Waals surface area contributed by atoms with Gasteiger partial charge in [-0.1, -0.05) is 120 Å². The number of esters is 1. The SMILES string of the molecule is CCCCCCCCSCCCCCCCC.CCOC(=O)c1cc(C(C)(C)C)c(O)c(C(C)(C)C)c1. The monoisotopic (exact) mass is 536 g/mol. The summed E-state index contributed by atoms with van der Waals surface area (Å²) in [4.78, 5) is 12.0. The van der Waals surface area contributed by atoms with Crippen molar-refractivity contribution in [3.8, 4) is 5.75 Å². The van der Waals surface area contributed by atoms with Crippen molar-refractivity contribution in [2.75, 3.05) is 18.1 Å². The molecule has 0 aliphatic carbocycles. The van der Waals surface area contributed by atoms with E-state index in [4.69, 9.17) is 4.74 Å². The van der Waals surface area contributed by atoms with Gasteiger partial charge in [-0.05, 0) is 54.2 Å². The van der Waals surface area contributed by atoms with Gasteiger partial charge in [-0.25, -0.2) is 4.79 Å². The van der Waals surface area contributed by atoms with Gasteiger partial charge >= 0.3 is 5.97 Å². The number of hydrogen-bond acceptors (Lipinski definition) is 4. The van der Waals surface area contributed by atoms with Crippen LogP contribution in [0.5, 0.6) is 5.75 Å². The van der Waals surface area contributed by atoms with Gasteiger partial charge in [0.05, 0.1) is 12.2 Å². The zero-order chi connectivity index (χ0) is 28.3. The fraction of sp³-hybridized carbons (Fsp3) is 0.788. The Bertz CT molecular complexity index is 679. The van der Waals surface area contributed by atoms with E-state index in [1.165, 1.54) is 88.6 Å². The fourth-order valence-corrected chi connectivity index (χ4v) is 5.20. The lowest BCUT2D eigenvalue weighted by atomic mass is 9.78. The zero-order valence-corrected chi connectivity index (χ0v) is 26.7. The molecule has 4 heteroatoms. The standard InChI is InChI=1S/C17H26O3.C16H34S/c1-8-20-15(19)11-9-12(16(2,3)4)14(18)13(10-11)17(5,6)7;1-3-5-7-9-11-13-15-17-16-14-12-10-8-6-4-2/h9-10,18H,8H2,1-7H3;3-16H2,1-2H3. The summed E-state index contributed by atoms with van der Waals surface area (Å²) in [6.07, 6.45) is 17.3. The van der Waals surface area contributed by atoms with Gasteiger partial charge in [0.2, 0.25) is 0 Å². The summed E-state index contributed by atoms with van der Waals surface area (Å²) < 4.78 is 5.08. The Morgan fingerprint density at radius 1 is 0.703 bits per heavy atom. The minimum atomic E-state index is -0.344. The Morgan fingerprint density at radius 2 is 1.08 bits per heavy atom. The van der Waals surface area contributed by atoms with Crippen LogP contribution in [0.2, 0.25) is 0 Å². The third-order valence-corrected chi connectivity index (χ3v) is 7.68. The lowest BCUT2D eigenvalue weighted by Gasteiger charge is -2.27. The highest BCUT2D eigenvalue weighted by atomic mass is 32.2. The molecule has 0 bridgehead atoms. The van der Waals surface area contributed by atoms with Crippen molar-refractivity contribution in [1.82, 2.24) is 0 Å². The number of ether oxygens (including phenoxy) is 1. The van der Waals surface area contributed by atoms with Gasteiger partial charge in [-0.15, -0.1) is 0 Å². The van der Waals surface area contributed by atoms with Gasteiger partial charge in [0, 0.05) is 11.1 Å². The first-order valence-electron chi connectivity index (χ1n) is 15.0. The molecule has 0 heterocycles. The van der Waals surface area contributed by atoms with E-state index in [2.05, 4.69) is 25.6 Å². The van der Waals surface area contributed by atoms with Crippen LogP contribution in [0, 0.1) is 0 Å². The Labute approximate surface area is 234 Å². The molecule has 216 valence electrons. The first-order valence-corrected chi connectivity index (χ1v) is 16.2. The molecule has 0 saturated heterocycles. The number of aromatic hydroxyl groups is 1. The van der Waals surface area contributed by atoms with Crippen LogP contribution in [-0.2, 0) is 15.6 Å². The fourth-order valence-electron chi connectivity index (χ4n) is 4.18. The van der Waals surface area contributed by atoms with Crippen LogP contribution in [-0.4, -0.2) is 29.2 Å². The molecule has 37 heavy (non-hydrogen) atoms. The van der Waals surface area contributed by atoms with Crippen LogP contribution in [0.1, 0.15) is 161 Å². The van der Waals surface area contributed by atoms with Gasteiger partial charge in [-0.2, -0.15) is 11.8 Å². The van der Waals surface area contributed by atoms with E-state index in [9.17, 15) is 9.90 Å². The Hall–Kier alpha value is -1.16. The predicted molar refractivity (Wildman–Crippen MR) is 166 cm³/mol. The Morgan fingerprint density at radius 3 is 1.43 bits per heavy atom. The summed E-state index contributed by atoms with van der Waals surface area (Å²) in [6, 6.07) is 3.48. The molecule has 0 aromatic heterocycles. The van der Waals surface area contributed by atoms with Crippen molar-refractivity contribution < 1.29 is 14.6 Å². The number of phenolic OH excluding ortho intramolecular Hbond substituents is 1. The van der Waals surface area contributed by atoms with Crippen LogP contribution in [0.3, 0.4) is 0 Å².